The van der Waals surface area contributed by atoms with Crippen LogP contribution in [0.25, 0.3) is 0 Å². The lowest BCUT2D eigenvalue weighted by Crippen LogP contribution is -2.30. The minimum Gasteiger partial charge on any atom is -0.459 e. The van der Waals surface area contributed by atoms with Crippen molar-refractivity contribution in [2.75, 3.05) is 5.75 Å². The second-order valence-corrected chi connectivity index (χ2v) is 7.77. The maximum Gasteiger partial charge on any atom is 0.389 e. The van der Waals surface area contributed by atoms with E-state index in [1.54, 1.807) is 11.8 Å². The Morgan fingerprint density at radius 1 is 1.09 bits per heavy atom. The molecule has 0 radical (unpaired) electrons. The molecule has 132 valence electrons. The quantitative estimate of drug-likeness (QED) is 0.374. The Balaban J connectivity index is 3.89. The first-order chi connectivity index (χ1) is 10.0. The van der Waals surface area contributed by atoms with Crippen molar-refractivity contribution in [3.05, 3.63) is 0 Å². The Morgan fingerprint density at radius 3 is 2.18 bits per heavy atom. The zero-order chi connectivity index (χ0) is 17.2. The van der Waals surface area contributed by atoms with E-state index in [1.807, 2.05) is 27.7 Å². The van der Waals surface area contributed by atoms with Gasteiger partial charge in [-0.05, 0) is 45.8 Å². The number of hydrogen-bond acceptors (Lipinski definition) is 3. The third-order valence-corrected chi connectivity index (χ3v) is 4.25. The van der Waals surface area contributed by atoms with Crippen molar-refractivity contribution in [3.8, 4) is 0 Å². The number of unbranched alkanes of at least 4 members (excludes halogenated alkanes) is 3. The molecule has 0 saturated carbocycles. The minimum atomic E-state index is -4.04. The standard InChI is InChI=1S/C16H29F3O2S/c1-5-10-13(14(20)21-15(2,3)4)22-12-9-7-6-8-11-16(17,18)19/h13H,5-12H2,1-4H3. The molecule has 0 aliphatic heterocycles. The van der Waals surface area contributed by atoms with E-state index in [0.717, 1.165) is 31.4 Å². The molecule has 6 heteroatoms. The predicted octanol–water partition coefficient (Wildman–Crippen LogP) is 5.74. The molecule has 0 aromatic rings. The SMILES string of the molecule is CCCC(SCCCCCCC(F)(F)F)C(=O)OC(C)(C)C. The van der Waals surface area contributed by atoms with E-state index in [0.29, 0.717) is 6.42 Å². The number of carbonyl (C=O) groups excluding carboxylic acids is 1. The maximum absolute atomic E-state index is 12.1. The van der Waals surface area contributed by atoms with Crippen molar-refractivity contribution in [2.24, 2.45) is 0 Å². The van der Waals surface area contributed by atoms with Crippen molar-refractivity contribution in [1.29, 1.82) is 0 Å². The number of rotatable bonds is 10. The van der Waals surface area contributed by atoms with E-state index < -0.39 is 18.2 Å². The zero-order valence-corrected chi connectivity index (χ0v) is 14.9. The van der Waals surface area contributed by atoms with Crippen LogP contribution < -0.4 is 0 Å². The van der Waals surface area contributed by atoms with Crippen LogP contribution in [0.15, 0.2) is 0 Å². The van der Waals surface area contributed by atoms with Crippen molar-refractivity contribution in [3.63, 3.8) is 0 Å². The zero-order valence-electron chi connectivity index (χ0n) is 14.1. The van der Waals surface area contributed by atoms with Crippen LogP contribution >= 0.6 is 11.8 Å². The molecule has 0 aromatic heterocycles. The van der Waals surface area contributed by atoms with Gasteiger partial charge in [0.2, 0.25) is 0 Å². The maximum atomic E-state index is 12.1. The van der Waals surface area contributed by atoms with Gasteiger partial charge in [-0.1, -0.05) is 26.2 Å². The predicted molar refractivity (Wildman–Crippen MR) is 86.1 cm³/mol. The van der Waals surface area contributed by atoms with Gasteiger partial charge in [0, 0.05) is 6.42 Å². The van der Waals surface area contributed by atoms with Crippen LogP contribution in [-0.4, -0.2) is 28.7 Å². The molecule has 0 saturated heterocycles. The summed E-state index contributed by atoms with van der Waals surface area (Å²) in [4.78, 5) is 12.1. The lowest BCUT2D eigenvalue weighted by atomic mass is 10.1. The van der Waals surface area contributed by atoms with Gasteiger partial charge in [0.15, 0.2) is 0 Å². The lowest BCUT2D eigenvalue weighted by Gasteiger charge is -2.23. The topological polar surface area (TPSA) is 26.3 Å². The fourth-order valence-electron chi connectivity index (χ4n) is 1.91. The highest BCUT2D eigenvalue weighted by molar-refractivity contribution is 8.00. The van der Waals surface area contributed by atoms with Gasteiger partial charge in [-0.25, -0.2) is 0 Å². The molecular weight excluding hydrogens is 313 g/mol. The first kappa shape index (κ1) is 21.6. The normalized spacial score (nSPS) is 14.0. The number of alkyl halides is 3. The molecule has 0 amide bonds. The summed E-state index contributed by atoms with van der Waals surface area (Å²) in [5.41, 5.74) is -0.485. The molecule has 0 N–H and O–H groups in total. The number of thioether (sulfide) groups is 1. The highest BCUT2D eigenvalue weighted by Gasteiger charge is 2.26. The van der Waals surface area contributed by atoms with Gasteiger partial charge < -0.3 is 4.74 Å². The van der Waals surface area contributed by atoms with Gasteiger partial charge >= 0.3 is 12.1 Å². The van der Waals surface area contributed by atoms with Crippen LogP contribution in [-0.2, 0) is 9.53 Å². The summed E-state index contributed by atoms with van der Waals surface area (Å²) in [5.74, 6) is 0.604. The largest absolute Gasteiger partial charge is 0.459 e. The third kappa shape index (κ3) is 13.3. The van der Waals surface area contributed by atoms with Gasteiger partial charge in [0.25, 0.3) is 0 Å². The molecule has 0 aromatic carbocycles. The van der Waals surface area contributed by atoms with E-state index >= 15 is 0 Å². The molecule has 0 bridgehead atoms. The minimum absolute atomic E-state index is 0.167. The first-order valence-corrected chi connectivity index (χ1v) is 9.01. The van der Waals surface area contributed by atoms with E-state index in [4.69, 9.17) is 4.74 Å². The molecule has 0 spiro atoms. The molecule has 22 heavy (non-hydrogen) atoms. The Bertz CT molecular complexity index is 311. The average molecular weight is 342 g/mol. The summed E-state index contributed by atoms with van der Waals surface area (Å²) in [7, 11) is 0. The fraction of sp³-hybridized carbons (Fsp3) is 0.938. The third-order valence-electron chi connectivity index (χ3n) is 2.89. The Labute approximate surface area is 136 Å². The summed E-state index contributed by atoms with van der Waals surface area (Å²) in [6.07, 6.45) is -0.671. The molecule has 0 aliphatic carbocycles. The Morgan fingerprint density at radius 2 is 1.68 bits per heavy atom. The van der Waals surface area contributed by atoms with E-state index in [-0.39, 0.29) is 17.6 Å². The van der Waals surface area contributed by atoms with E-state index in [9.17, 15) is 18.0 Å². The second kappa shape index (κ2) is 10.4. The van der Waals surface area contributed by atoms with E-state index in [2.05, 4.69) is 0 Å². The van der Waals surface area contributed by atoms with Crippen LogP contribution in [0.5, 0.6) is 0 Å². The van der Waals surface area contributed by atoms with Crippen LogP contribution in [0, 0.1) is 0 Å². The van der Waals surface area contributed by atoms with Gasteiger partial charge in [0.05, 0.1) is 0 Å². The molecule has 2 nitrogen and oxygen atoms in total. The van der Waals surface area contributed by atoms with Gasteiger partial charge in [-0.2, -0.15) is 13.2 Å². The summed E-state index contributed by atoms with van der Waals surface area (Å²) in [6, 6.07) is 0. The first-order valence-electron chi connectivity index (χ1n) is 7.96. The molecular formula is C16H29F3O2S. The highest BCUT2D eigenvalue weighted by atomic mass is 32.2. The fourth-order valence-corrected chi connectivity index (χ4v) is 3.15. The molecule has 1 unspecified atom stereocenters. The van der Waals surface area contributed by atoms with Crippen LogP contribution in [0.1, 0.15) is 72.6 Å². The number of carbonyl (C=O) groups is 1. The lowest BCUT2D eigenvalue weighted by molar-refractivity contribution is -0.154. The number of ether oxygens (including phenoxy) is 1. The summed E-state index contributed by atoms with van der Waals surface area (Å²) in [5, 5.41) is -0.167. The highest BCUT2D eigenvalue weighted by Crippen LogP contribution is 2.25. The molecule has 1 atom stereocenters. The number of halogens is 3. The van der Waals surface area contributed by atoms with Crippen molar-refractivity contribution in [1.82, 2.24) is 0 Å². The Hall–Kier alpha value is -0.390. The molecule has 0 heterocycles. The Kier molecular flexibility index (Phi) is 10.2. The van der Waals surface area contributed by atoms with Gasteiger partial charge in [-0.15, -0.1) is 11.8 Å². The van der Waals surface area contributed by atoms with Gasteiger partial charge in [-0.3, -0.25) is 4.79 Å². The number of esters is 1. The van der Waals surface area contributed by atoms with E-state index in [1.165, 1.54) is 0 Å². The molecule has 0 fully saturated rings. The second-order valence-electron chi connectivity index (χ2n) is 6.46. The van der Waals surface area contributed by atoms with Crippen LogP contribution in [0.2, 0.25) is 0 Å². The van der Waals surface area contributed by atoms with Crippen molar-refractivity contribution in [2.45, 2.75) is 89.7 Å². The van der Waals surface area contributed by atoms with Crippen molar-refractivity contribution < 1.29 is 22.7 Å². The van der Waals surface area contributed by atoms with Crippen LogP contribution in [0.4, 0.5) is 13.2 Å². The average Bonchev–Trinajstić information content (AvgIpc) is 2.32. The molecule has 0 rings (SSSR count). The summed E-state index contributed by atoms with van der Waals surface area (Å²) >= 11 is 1.56. The number of hydrogen-bond donors (Lipinski definition) is 0. The monoisotopic (exact) mass is 342 g/mol. The molecule has 0 aliphatic rings. The smallest absolute Gasteiger partial charge is 0.389 e. The van der Waals surface area contributed by atoms with Crippen molar-refractivity contribution >= 4 is 17.7 Å². The van der Waals surface area contributed by atoms with Crippen LogP contribution in [0.3, 0.4) is 0 Å². The summed E-state index contributed by atoms with van der Waals surface area (Å²) in [6.45, 7) is 7.56. The summed E-state index contributed by atoms with van der Waals surface area (Å²) < 4.78 is 41.4. The van der Waals surface area contributed by atoms with Gasteiger partial charge in [0.1, 0.15) is 10.9 Å².